The number of benzene rings is 2. The van der Waals surface area contributed by atoms with Gasteiger partial charge in [0.25, 0.3) is 0 Å². The van der Waals surface area contributed by atoms with Gasteiger partial charge in [-0.15, -0.1) is 0 Å². The predicted octanol–water partition coefficient (Wildman–Crippen LogP) is 1.48. The Balaban J connectivity index is 1.28. The normalized spacial score (nSPS) is 25.4. The van der Waals surface area contributed by atoms with Crippen LogP contribution in [0.1, 0.15) is 11.1 Å². The van der Waals surface area contributed by atoms with Crippen LogP contribution in [0.2, 0.25) is 0 Å². The second-order valence-electron chi connectivity index (χ2n) is 9.04. The zero-order chi connectivity index (χ0) is 23.2. The molecule has 33 heavy (non-hydrogen) atoms. The molecule has 0 amide bonds. The summed E-state index contributed by atoms with van der Waals surface area (Å²) in [6.07, 6.45) is 0. The van der Waals surface area contributed by atoms with E-state index in [0.29, 0.717) is 13.1 Å². The van der Waals surface area contributed by atoms with E-state index in [4.69, 9.17) is 9.47 Å². The Morgan fingerprint density at radius 3 is 2.36 bits per heavy atom. The molecule has 178 valence electrons. The molecule has 2 atom stereocenters. The Labute approximate surface area is 194 Å². The second kappa shape index (κ2) is 8.57. The lowest BCUT2D eigenvalue weighted by molar-refractivity contribution is 0.101. The van der Waals surface area contributed by atoms with Crippen LogP contribution in [0.15, 0.2) is 47.4 Å². The van der Waals surface area contributed by atoms with Crippen LogP contribution >= 0.6 is 0 Å². The number of rotatable bonds is 5. The van der Waals surface area contributed by atoms with Gasteiger partial charge in [0.15, 0.2) is 31.2 Å². The third-order valence-electron chi connectivity index (χ3n) is 6.74. The molecular weight excluding hydrogens is 464 g/mol. The van der Waals surface area contributed by atoms with Crippen LogP contribution in [0.5, 0.6) is 11.5 Å². The van der Waals surface area contributed by atoms with Crippen molar-refractivity contribution in [3.63, 3.8) is 0 Å². The van der Waals surface area contributed by atoms with Gasteiger partial charge in [0.05, 0.1) is 21.7 Å². The number of ether oxygens (including phenoxy) is 2. The molecule has 0 unspecified atom stereocenters. The van der Waals surface area contributed by atoms with E-state index in [9.17, 15) is 16.8 Å². The highest BCUT2D eigenvalue weighted by Gasteiger charge is 2.48. The van der Waals surface area contributed by atoms with Crippen LogP contribution in [0.25, 0.3) is 0 Å². The Kier molecular flexibility index (Phi) is 5.88. The van der Waals surface area contributed by atoms with Crippen LogP contribution in [0.4, 0.5) is 0 Å². The lowest BCUT2D eigenvalue weighted by Gasteiger charge is -2.39. The minimum Gasteiger partial charge on any atom is -0.454 e. The SMILES string of the molecule is Cc1ccc(S(=O)(=O)[C@H]2CS(=O)(=O)C[C@@H]2N2CCN(Cc3ccc4c(c3)OCO4)CC2)cc1. The van der Waals surface area contributed by atoms with E-state index in [1.54, 1.807) is 24.3 Å². The highest BCUT2D eigenvalue weighted by molar-refractivity contribution is 7.96. The predicted molar refractivity (Wildman–Crippen MR) is 124 cm³/mol. The molecule has 0 N–H and O–H groups in total. The minimum atomic E-state index is -3.75. The summed E-state index contributed by atoms with van der Waals surface area (Å²) in [5, 5.41) is -0.939. The fourth-order valence-corrected chi connectivity index (χ4v) is 9.72. The third-order valence-corrected chi connectivity index (χ3v) is 10.9. The summed E-state index contributed by atoms with van der Waals surface area (Å²) in [6.45, 7) is 5.62. The van der Waals surface area contributed by atoms with Crippen molar-refractivity contribution in [1.82, 2.24) is 9.80 Å². The van der Waals surface area contributed by atoms with Gasteiger partial charge in [-0.2, -0.15) is 0 Å². The summed E-state index contributed by atoms with van der Waals surface area (Å²) < 4.78 is 62.5. The molecule has 3 aliphatic rings. The van der Waals surface area contributed by atoms with E-state index >= 15 is 0 Å². The molecule has 0 radical (unpaired) electrons. The van der Waals surface area contributed by atoms with Crippen molar-refractivity contribution in [1.29, 1.82) is 0 Å². The van der Waals surface area contributed by atoms with Gasteiger partial charge in [-0.1, -0.05) is 23.8 Å². The van der Waals surface area contributed by atoms with Gasteiger partial charge < -0.3 is 9.47 Å². The number of piperazine rings is 1. The molecule has 3 aliphatic heterocycles. The maximum Gasteiger partial charge on any atom is 0.231 e. The van der Waals surface area contributed by atoms with Crippen LogP contribution < -0.4 is 9.47 Å². The zero-order valence-corrected chi connectivity index (χ0v) is 20.1. The molecule has 2 saturated heterocycles. The quantitative estimate of drug-likeness (QED) is 0.620. The van der Waals surface area contributed by atoms with E-state index in [2.05, 4.69) is 9.80 Å². The van der Waals surface area contributed by atoms with Gasteiger partial charge in [0.1, 0.15) is 0 Å². The first-order chi connectivity index (χ1) is 15.7. The molecule has 0 spiro atoms. The monoisotopic (exact) mass is 492 g/mol. The van der Waals surface area contributed by atoms with E-state index in [1.807, 2.05) is 25.1 Å². The Morgan fingerprint density at radius 2 is 1.64 bits per heavy atom. The van der Waals surface area contributed by atoms with Crippen molar-refractivity contribution in [3.05, 3.63) is 53.6 Å². The lowest BCUT2D eigenvalue weighted by Crippen LogP contribution is -2.54. The molecule has 2 fully saturated rings. The van der Waals surface area contributed by atoms with Crippen molar-refractivity contribution in [3.8, 4) is 11.5 Å². The molecule has 0 aromatic heterocycles. The Morgan fingerprint density at radius 1 is 0.939 bits per heavy atom. The van der Waals surface area contributed by atoms with Crippen LogP contribution in [-0.2, 0) is 26.2 Å². The number of fused-ring (bicyclic) bond motifs is 1. The first-order valence-electron chi connectivity index (χ1n) is 11.1. The van der Waals surface area contributed by atoms with Crippen LogP contribution in [0, 0.1) is 6.92 Å². The molecule has 5 rings (SSSR count). The summed E-state index contributed by atoms with van der Waals surface area (Å²) >= 11 is 0. The molecular formula is C23H28N2O6S2. The van der Waals surface area contributed by atoms with Crippen molar-refractivity contribution in [2.24, 2.45) is 0 Å². The fourth-order valence-electron chi connectivity index (χ4n) is 4.89. The second-order valence-corrected chi connectivity index (χ2v) is 13.4. The largest absolute Gasteiger partial charge is 0.454 e. The van der Waals surface area contributed by atoms with Gasteiger partial charge >= 0.3 is 0 Å². The van der Waals surface area contributed by atoms with E-state index in [1.165, 1.54) is 0 Å². The summed E-state index contributed by atoms with van der Waals surface area (Å²) in [4.78, 5) is 4.54. The molecule has 2 aromatic carbocycles. The van der Waals surface area contributed by atoms with E-state index in [-0.39, 0.29) is 23.2 Å². The Hall–Kier alpha value is -2.14. The standard InChI is InChI=1S/C23H28N2O6S2/c1-17-2-5-19(6-3-17)33(28,29)23-15-32(26,27)14-20(23)25-10-8-24(9-11-25)13-18-4-7-21-22(12-18)31-16-30-21/h2-7,12,20,23H,8-11,13-16H2,1H3/t20-,23-/m0/s1. The Bertz CT molecular complexity index is 1240. The fraction of sp³-hybridized carbons (Fsp3) is 0.478. The molecule has 8 nitrogen and oxygen atoms in total. The zero-order valence-electron chi connectivity index (χ0n) is 18.5. The average molecular weight is 493 g/mol. The van der Waals surface area contributed by atoms with E-state index < -0.39 is 31.0 Å². The molecule has 3 heterocycles. The number of hydrogen-bond acceptors (Lipinski definition) is 8. The van der Waals surface area contributed by atoms with Crippen LogP contribution in [0.3, 0.4) is 0 Å². The van der Waals surface area contributed by atoms with Gasteiger partial charge in [0.2, 0.25) is 6.79 Å². The smallest absolute Gasteiger partial charge is 0.231 e. The maximum absolute atomic E-state index is 13.4. The summed E-state index contributed by atoms with van der Waals surface area (Å²) in [6, 6.07) is 12.1. The van der Waals surface area contributed by atoms with Crippen molar-refractivity contribution in [2.45, 2.75) is 29.7 Å². The average Bonchev–Trinajstić information content (AvgIpc) is 3.38. The molecule has 0 bridgehead atoms. The summed E-state index contributed by atoms with van der Waals surface area (Å²) in [5.41, 5.74) is 2.08. The third kappa shape index (κ3) is 4.62. The summed E-state index contributed by atoms with van der Waals surface area (Å²) in [5.74, 6) is 1.09. The van der Waals surface area contributed by atoms with Gasteiger partial charge in [0, 0.05) is 38.8 Å². The minimum absolute atomic E-state index is 0.106. The highest BCUT2D eigenvalue weighted by Crippen LogP contribution is 2.33. The first kappa shape index (κ1) is 22.6. The number of sulfone groups is 2. The van der Waals surface area contributed by atoms with Crippen molar-refractivity contribution >= 4 is 19.7 Å². The molecule has 0 saturated carbocycles. The highest BCUT2D eigenvalue weighted by atomic mass is 32.2. The molecule has 0 aliphatic carbocycles. The first-order valence-corrected chi connectivity index (χ1v) is 14.4. The van der Waals surface area contributed by atoms with E-state index in [0.717, 1.165) is 42.3 Å². The topological polar surface area (TPSA) is 93.2 Å². The van der Waals surface area contributed by atoms with Crippen LogP contribution in [-0.4, -0.2) is 82.4 Å². The lowest BCUT2D eigenvalue weighted by atomic mass is 10.1. The molecule has 10 heteroatoms. The summed E-state index contributed by atoms with van der Waals surface area (Å²) in [7, 11) is -7.17. The van der Waals surface area contributed by atoms with Gasteiger partial charge in [-0.05, 0) is 36.8 Å². The molecule has 2 aromatic rings. The van der Waals surface area contributed by atoms with Crippen molar-refractivity contribution < 1.29 is 26.3 Å². The maximum atomic E-state index is 13.4. The number of nitrogens with zero attached hydrogens (tertiary/aromatic N) is 2. The number of hydrogen-bond donors (Lipinski definition) is 0. The van der Waals surface area contributed by atoms with Crippen molar-refractivity contribution in [2.75, 3.05) is 44.5 Å². The number of aryl methyl sites for hydroxylation is 1. The van der Waals surface area contributed by atoms with Gasteiger partial charge in [-0.3, -0.25) is 9.80 Å². The van der Waals surface area contributed by atoms with Gasteiger partial charge in [-0.25, -0.2) is 16.8 Å².